The van der Waals surface area contributed by atoms with Crippen molar-refractivity contribution in [2.75, 3.05) is 47.0 Å². The van der Waals surface area contributed by atoms with E-state index in [1.807, 2.05) is 13.8 Å². The highest BCUT2D eigenvalue weighted by atomic mass is 16.5. The number of hydrogen-bond acceptors (Lipinski definition) is 6. The number of carbonyl (C=O) groups excluding carboxylic acids is 4. The van der Waals surface area contributed by atoms with E-state index >= 15 is 0 Å². The third kappa shape index (κ3) is 24.0. The second-order valence-corrected chi connectivity index (χ2v) is 4.08. The average Bonchev–Trinajstić information content (AvgIpc) is 2.56. The highest BCUT2D eigenvalue weighted by Gasteiger charge is 2.07. The Labute approximate surface area is 149 Å². The monoisotopic (exact) mass is 364 g/mol. The van der Waals surface area contributed by atoms with E-state index in [0.717, 1.165) is 0 Å². The Morgan fingerprint density at radius 1 is 0.800 bits per heavy atom. The van der Waals surface area contributed by atoms with Gasteiger partial charge in [-0.1, -0.05) is 0 Å². The number of likely N-dealkylation sites (N-methyl/N-ethyl adjacent to an activating group) is 3. The lowest BCUT2D eigenvalue weighted by Crippen LogP contribution is -2.37. The third-order valence-corrected chi connectivity index (χ3v) is 2.02. The van der Waals surface area contributed by atoms with E-state index in [9.17, 15) is 19.2 Å². The van der Waals surface area contributed by atoms with Crippen molar-refractivity contribution in [1.29, 1.82) is 0 Å². The van der Waals surface area contributed by atoms with Crippen molar-refractivity contribution in [3.8, 4) is 0 Å². The van der Waals surface area contributed by atoms with Crippen LogP contribution in [-0.2, 0) is 23.9 Å². The molecule has 0 fully saturated rings. The zero-order valence-electron chi connectivity index (χ0n) is 16.0. The lowest BCUT2D eigenvalue weighted by atomic mass is 10.5. The maximum atomic E-state index is 10.5. The zero-order chi connectivity index (χ0) is 20.1. The molecule has 0 aromatic carbocycles. The maximum Gasteiger partial charge on any atom is 0.407 e. The smallest absolute Gasteiger partial charge is 0.407 e. The van der Waals surface area contributed by atoms with Crippen LogP contribution in [-0.4, -0.2) is 70.8 Å². The fourth-order valence-electron chi connectivity index (χ4n) is 1.06. The molecule has 0 unspecified atom stereocenters. The van der Waals surface area contributed by atoms with Crippen LogP contribution in [0.15, 0.2) is 0 Å². The highest BCUT2D eigenvalue weighted by molar-refractivity contribution is 6.34. The molecule has 0 spiro atoms. The van der Waals surface area contributed by atoms with E-state index in [1.165, 1.54) is 14.2 Å². The topological polar surface area (TPSA) is 135 Å². The minimum Gasteiger partial charge on any atom is -0.450 e. The molecule has 0 bridgehead atoms. The summed E-state index contributed by atoms with van der Waals surface area (Å²) in [7, 11) is 2.91. The van der Waals surface area contributed by atoms with Crippen LogP contribution in [0, 0.1) is 0 Å². The SMILES string of the molecule is CCNC(=O)C(=O)NC.CCNC(=O)COC.CCNC(=O)OCC. The quantitative estimate of drug-likeness (QED) is 0.464. The molecule has 0 aromatic heterocycles. The second-order valence-electron chi connectivity index (χ2n) is 4.08. The van der Waals surface area contributed by atoms with Crippen LogP contribution in [0.2, 0.25) is 0 Å². The van der Waals surface area contributed by atoms with Crippen LogP contribution < -0.4 is 21.3 Å². The molecule has 4 amide bonds. The lowest BCUT2D eigenvalue weighted by Gasteiger charge is -1.99. The average molecular weight is 364 g/mol. The molecule has 0 aliphatic rings. The summed E-state index contributed by atoms with van der Waals surface area (Å²) in [5.41, 5.74) is 0. The standard InChI is InChI=1S/C5H10N2O2.2C5H11NO2/c1-3-7-5(9)4(8)6-2;1-3-6-5(7)4-8-2;1-3-6-5(7)8-4-2/h3H2,1-2H3,(H,6,8)(H,7,9);2*3-4H2,1-2H3,(H,6,7). The van der Waals surface area contributed by atoms with Gasteiger partial charge in [-0.25, -0.2) is 4.79 Å². The molecule has 10 heteroatoms. The third-order valence-electron chi connectivity index (χ3n) is 2.02. The molecule has 4 N–H and O–H groups in total. The molecule has 0 heterocycles. The number of nitrogens with one attached hydrogen (secondary N) is 4. The van der Waals surface area contributed by atoms with Crippen LogP contribution in [0.5, 0.6) is 0 Å². The van der Waals surface area contributed by atoms with Gasteiger partial charge >= 0.3 is 17.9 Å². The fraction of sp³-hybridized carbons (Fsp3) is 0.733. The van der Waals surface area contributed by atoms with Gasteiger partial charge in [-0.2, -0.15) is 0 Å². The van der Waals surface area contributed by atoms with E-state index < -0.39 is 11.8 Å². The highest BCUT2D eigenvalue weighted by Crippen LogP contribution is 1.73. The van der Waals surface area contributed by atoms with E-state index in [1.54, 1.807) is 13.8 Å². The molecule has 0 aliphatic heterocycles. The largest absolute Gasteiger partial charge is 0.450 e. The Hall–Kier alpha value is -2.36. The van der Waals surface area contributed by atoms with Crippen molar-refractivity contribution >= 4 is 23.8 Å². The molecule has 0 saturated heterocycles. The fourth-order valence-corrected chi connectivity index (χ4v) is 1.06. The van der Waals surface area contributed by atoms with Gasteiger partial charge in [0.25, 0.3) is 0 Å². The van der Waals surface area contributed by atoms with Crippen LogP contribution in [0.3, 0.4) is 0 Å². The number of ether oxygens (including phenoxy) is 2. The van der Waals surface area contributed by atoms with Gasteiger partial charge in [-0.3, -0.25) is 14.4 Å². The van der Waals surface area contributed by atoms with Gasteiger partial charge in [0.1, 0.15) is 6.61 Å². The van der Waals surface area contributed by atoms with Gasteiger partial charge in [-0.15, -0.1) is 0 Å². The summed E-state index contributed by atoms with van der Waals surface area (Å²) in [4.78, 5) is 41.5. The molecule has 10 nitrogen and oxygen atoms in total. The van der Waals surface area contributed by atoms with Gasteiger partial charge in [0.2, 0.25) is 5.91 Å². The first-order valence-electron chi connectivity index (χ1n) is 8.00. The molecule has 148 valence electrons. The predicted octanol–water partition coefficient (Wildman–Crippen LogP) is -0.610. The van der Waals surface area contributed by atoms with Crippen LogP contribution in [0.25, 0.3) is 0 Å². The number of amides is 4. The molecule has 25 heavy (non-hydrogen) atoms. The first-order valence-corrected chi connectivity index (χ1v) is 8.00. The predicted molar refractivity (Wildman–Crippen MR) is 94.0 cm³/mol. The van der Waals surface area contributed by atoms with Gasteiger partial charge < -0.3 is 30.7 Å². The first-order chi connectivity index (χ1) is 11.8. The number of hydrogen-bond donors (Lipinski definition) is 4. The van der Waals surface area contributed by atoms with Gasteiger partial charge in [0, 0.05) is 33.8 Å². The summed E-state index contributed by atoms with van der Waals surface area (Å²) in [6.45, 7) is 9.60. The van der Waals surface area contributed by atoms with E-state index in [0.29, 0.717) is 26.2 Å². The normalized spacial score (nSPS) is 8.40. The Morgan fingerprint density at radius 2 is 1.32 bits per heavy atom. The number of methoxy groups -OCH3 is 1. The van der Waals surface area contributed by atoms with Gasteiger partial charge in [0.15, 0.2) is 0 Å². The molecular formula is C15H32N4O6. The summed E-state index contributed by atoms with van der Waals surface area (Å²) < 4.78 is 9.08. The zero-order valence-corrected chi connectivity index (χ0v) is 16.0. The second kappa shape index (κ2) is 21.6. The van der Waals surface area contributed by atoms with E-state index in [2.05, 4.69) is 30.7 Å². The Morgan fingerprint density at radius 3 is 1.68 bits per heavy atom. The van der Waals surface area contributed by atoms with Crippen LogP contribution in [0.4, 0.5) is 4.79 Å². The summed E-state index contributed by atoms with van der Waals surface area (Å²) in [5, 5.41) is 9.61. The molecular weight excluding hydrogens is 332 g/mol. The Bertz CT molecular complexity index is 341. The first kappa shape index (κ1) is 27.5. The van der Waals surface area contributed by atoms with Crippen molar-refractivity contribution in [3.63, 3.8) is 0 Å². The molecule has 0 atom stereocenters. The molecule has 0 radical (unpaired) electrons. The lowest BCUT2D eigenvalue weighted by molar-refractivity contribution is -0.138. The summed E-state index contributed by atoms with van der Waals surface area (Å²) in [5.74, 6) is -1.24. The summed E-state index contributed by atoms with van der Waals surface area (Å²) in [6, 6.07) is 0. The summed E-state index contributed by atoms with van der Waals surface area (Å²) in [6.07, 6.45) is -0.338. The van der Waals surface area contributed by atoms with Crippen molar-refractivity contribution in [3.05, 3.63) is 0 Å². The molecule has 0 rings (SSSR count). The minimum absolute atomic E-state index is 0.0602. The van der Waals surface area contributed by atoms with E-state index in [4.69, 9.17) is 0 Å². The molecule has 0 aliphatic carbocycles. The Kier molecular flexibility index (Phi) is 23.8. The molecule has 0 saturated carbocycles. The van der Waals surface area contributed by atoms with Crippen molar-refractivity contribution < 1.29 is 28.7 Å². The van der Waals surface area contributed by atoms with Crippen molar-refractivity contribution in [1.82, 2.24) is 21.3 Å². The van der Waals surface area contributed by atoms with Crippen molar-refractivity contribution in [2.45, 2.75) is 27.7 Å². The number of rotatable bonds is 6. The number of carbonyl (C=O) groups is 4. The summed E-state index contributed by atoms with van der Waals surface area (Å²) >= 11 is 0. The van der Waals surface area contributed by atoms with E-state index in [-0.39, 0.29) is 18.6 Å². The number of alkyl carbamates (subject to hydrolysis) is 1. The van der Waals surface area contributed by atoms with Crippen LogP contribution >= 0.6 is 0 Å². The van der Waals surface area contributed by atoms with Crippen molar-refractivity contribution in [2.24, 2.45) is 0 Å². The Balaban J connectivity index is -0.000000291. The van der Waals surface area contributed by atoms with Crippen LogP contribution in [0.1, 0.15) is 27.7 Å². The van der Waals surface area contributed by atoms with Gasteiger partial charge in [-0.05, 0) is 27.7 Å². The maximum absolute atomic E-state index is 10.5. The minimum atomic E-state index is -0.600. The van der Waals surface area contributed by atoms with Gasteiger partial charge in [0.05, 0.1) is 6.61 Å². The molecule has 0 aromatic rings.